The smallest absolute Gasteiger partial charge is 0.409 e. The molecule has 0 fully saturated rings. The third kappa shape index (κ3) is 8.10. The van der Waals surface area contributed by atoms with E-state index in [2.05, 4.69) is 59.2 Å². The molecule has 0 unspecified atom stereocenters. The Morgan fingerprint density at radius 2 is 0.960 bits per heavy atom. The van der Waals surface area contributed by atoms with Gasteiger partial charge in [0.1, 0.15) is 18.8 Å². The lowest BCUT2D eigenvalue weighted by Crippen LogP contribution is -2.38. The van der Waals surface area contributed by atoms with E-state index in [1.807, 2.05) is 69.3 Å². The van der Waals surface area contributed by atoms with Crippen molar-refractivity contribution in [1.29, 1.82) is 0 Å². The number of amides is 3. The van der Waals surface area contributed by atoms with Gasteiger partial charge in [-0.05, 0) is 78.1 Å². The molecule has 2 N–H and O–H groups in total. The number of rotatable bonds is 12. The Morgan fingerprint density at radius 1 is 0.580 bits per heavy atom. The molecular weight excluding hydrogens is 630 g/mol. The highest BCUT2D eigenvalue weighted by Gasteiger charge is 2.31. The maximum atomic E-state index is 13.5. The zero-order chi connectivity index (χ0) is 35.1. The van der Waals surface area contributed by atoms with Crippen LogP contribution in [-0.2, 0) is 14.2 Å². The van der Waals surface area contributed by atoms with Crippen molar-refractivity contribution in [2.24, 2.45) is 0 Å². The number of carbonyl (C=O) groups is 3. The zero-order valence-corrected chi connectivity index (χ0v) is 28.9. The first-order valence-corrected chi connectivity index (χ1v) is 17.3. The Hall–Kier alpha value is -5.31. The van der Waals surface area contributed by atoms with Crippen molar-refractivity contribution in [3.8, 4) is 22.3 Å². The van der Waals surface area contributed by atoms with Gasteiger partial charge in [0.15, 0.2) is 0 Å². The molecule has 9 nitrogen and oxygen atoms in total. The summed E-state index contributed by atoms with van der Waals surface area (Å²) in [6.07, 6.45) is -0.444. The van der Waals surface area contributed by atoms with Crippen molar-refractivity contribution in [2.45, 2.75) is 51.0 Å². The first-order chi connectivity index (χ1) is 24.2. The van der Waals surface area contributed by atoms with Crippen LogP contribution in [0.15, 0.2) is 97.1 Å². The van der Waals surface area contributed by atoms with Crippen molar-refractivity contribution >= 4 is 18.3 Å². The molecule has 4 aromatic rings. The Kier molecular flexibility index (Phi) is 10.7. The second-order valence-electron chi connectivity index (χ2n) is 13.7. The monoisotopic (exact) mass is 675 g/mol. The molecule has 0 aromatic heterocycles. The van der Waals surface area contributed by atoms with E-state index in [1.54, 1.807) is 4.90 Å². The number of alkyl carbamates (subject to hydrolysis) is 2. The quantitative estimate of drug-likeness (QED) is 0.116. The minimum Gasteiger partial charge on any atom is -0.449 e. The SMILES string of the molecule is CC(C)(C)OC(=O)NCCCN(CCCNC(=O)OCC1c2ccccc2-c2ccccc21)C(=O)OCC1c2ccccc2-c2ccccc21. The molecule has 6 rings (SSSR count). The number of hydrogen-bond acceptors (Lipinski definition) is 6. The number of benzene rings is 4. The summed E-state index contributed by atoms with van der Waals surface area (Å²) >= 11 is 0. The topological polar surface area (TPSA) is 106 Å². The van der Waals surface area contributed by atoms with Gasteiger partial charge in [0.2, 0.25) is 0 Å². The van der Waals surface area contributed by atoms with Gasteiger partial charge in [-0.1, -0.05) is 97.1 Å². The fraction of sp³-hybridized carbons (Fsp3) is 0.341. The van der Waals surface area contributed by atoms with Crippen LogP contribution in [0.2, 0.25) is 0 Å². The van der Waals surface area contributed by atoms with E-state index in [-0.39, 0.29) is 25.0 Å². The van der Waals surface area contributed by atoms with E-state index in [0.29, 0.717) is 39.0 Å². The van der Waals surface area contributed by atoms with Gasteiger partial charge in [0, 0.05) is 38.0 Å². The van der Waals surface area contributed by atoms with Crippen LogP contribution < -0.4 is 10.6 Å². The standard InChI is InChI=1S/C41H45N3O6/c1-41(2,3)50-39(46)43-23-13-25-44(40(47)49-27-37-34-20-10-6-16-30(34)31-17-7-11-21-35(31)37)24-12-22-42-38(45)48-26-36-32-18-8-4-14-28(32)29-15-5-9-19-33(29)36/h4-11,14-21,36-37H,12-13,22-27H2,1-3H3,(H,42,45)(H,43,46). The van der Waals surface area contributed by atoms with Gasteiger partial charge in [-0.15, -0.1) is 0 Å². The lowest BCUT2D eigenvalue weighted by molar-refractivity contribution is 0.0525. The van der Waals surface area contributed by atoms with Crippen LogP contribution in [0.4, 0.5) is 14.4 Å². The number of fused-ring (bicyclic) bond motifs is 6. The Morgan fingerprint density at radius 3 is 1.38 bits per heavy atom. The van der Waals surface area contributed by atoms with Crippen molar-refractivity contribution < 1.29 is 28.6 Å². The average Bonchev–Trinajstić information content (AvgIpc) is 3.60. The van der Waals surface area contributed by atoms with Crippen LogP contribution in [0.3, 0.4) is 0 Å². The molecule has 260 valence electrons. The summed E-state index contributed by atoms with van der Waals surface area (Å²) in [5.74, 6) is -0.0798. The summed E-state index contributed by atoms with van der Waals surface area (Å²) in [5, 5.41) is 5.59. The van der Waals surface area contributed by atoms with Crippen LogP contribution in [0.5, 0.6) is 0 Å². The van der Waals surface area contributed by atoms with Gasteiger partial charge < -0.3 is 29.7 Å². The van der Waals surface area contributed by atoms with Crippen LogP contribution in [0.1, 0.15) is 67.7 Å². The molecule has 0 atom stereocenters. The molecule has 2 aliphatic carbocycles. The maximum absolute atomic E-state index is 13.5. The minimum absolute atomic E-state index is 0.0218. The van der Waals surface area contributed by atoms with E-state index in [1.165, 1.54) is 11.1 Å². The van der Waals surface area contributed by atoms with Gasteiger partial charge in [0.25, 0.3) is 0 Å². The highest BCUT2D eigenvalue weighted by atomic mass is 16.6. The largest absolute Gasteiger partial charge is 0.449 e. The molecule has 0 heterocycles. The molecule has 50 heavy (non-hydrogen) atoms. The van der Waals surface area contributed by atoms with Gasteiger partial charge in [-0.25, -0.2) is 14.4 Å². The zero-order valence-electron chi connectivity index (χ0n) is 28.9. The molecule has 4 aromatic carbocycles. The molecule has 0 aliphatic heterocycles. The Balaban J connectivity index is 1.01. The number of ether oxygens (including phenoxy) is 3. The fourth-order valence-corrected chi connectivity index (χ4v) is 6.86. The van der Waals surface area contributed by atoms with Crippen molar-refractivity contribution in [3.05, 3.63) is 119 Å². The van der Waals surface area contributed by atoms with Gasteiger partial charge in [-0.2, -0.15) is 0 Å². The average molecular weight is 676 g/mol. The van der Waals surface area contributed by atoms with E-state index >= 15 is 0 Å². The molecule has 3 amide bonds. The van der Waals surface area contributed by atoms with Crippen molar-refractivity contribution in [1.82, 2.24) is 15.5 Å². The highest BCUT2D eigenvalue weighted by molar-refractivity contribution is 5.80. The predicted molar refractivity (Wildman–Crippen MR) is 193 cm³/mol. The number of nitrogens with zero attached hydrogens (tertiary/aromatic N) is 1. The van der Waals surface area contributed by atoms with E-state index in [0.717, 1.165) is 33.4 Å². The van der Waals surface area contributed by atoms with Crippen LogP contribution in [0.25, 0.3) is 22.3 Å². The lowest BCUT2D eigenvalue weighted by Gasteiger charge is -2.24. The van der Waals surface area contributed by atoms with Crippen LogP contribution in [-0.4, -0.2) is 68.2 Å². The third-order valence-electron chi connectivity index (χ3n) is 9.09. The van der Waals surface area contributed by atoms with Gasteiger partial charge >= 0.3 is 18.3 Å². The fourth-order valence-electron chi connectivity index (χ4n) is 6.86. The molecule has 0 spiro atoms. The molecule has 0 radical (unpaired) electrons. The molecule has 2 aliphatic rings. The van der Waals surface area contributed by atoms with Crippen LogP contribution in [0, 0.1) is 0 Å². The second-order valence-corrected chi connectivity index (χ2v) is 13.7. The summed E-state index contributed by atoms with van der Waals surface area (Å²) in [6, 6.07) is 32.9. The van der Waals surface area contributed by atoms with Gasteiger partial charge in [-0.3, -0.25) is 0 Å². The third-order valence-corrected chi connectivity index (χ3v) is 9.09. The summed E-state index contributed by atoms with van der Waals surface area (Å²) in [4.78, 5) is 40.0. The summed E-state index contributed by atoms with van der Waals surface area (Å²) in [7, 11) is 0. The first-order valence-electron chi connectivity index (χ1n) is 17.3. The van der Waals surface area contributed by atoms with Crippen molar-refractivity contribution in [2.75, 3.05) is 39.4 Å². The molecule has 9 heteroatoms. The minimum atomic E-state index is -0.600. The number of hydrogen-bond donors (Lipinski definition) is 2. The van der Waals surface area contributed by atoms with Crippen LogP contribution >= 0.6 is 0 Å². The van der Waals surface area contributed by atoms with Crippen molar-refractivity contribution in [3.63, 3.8) is 0 Å². The highest BCUT2D eigenvalue weighted by Crippen LogP contribution is 2.45. The maximum Gasteiger partial charge on any atom is 0.409 e. The van der Waals surface area contributed by atoms with E-state index in [9.17, 15) is 14.4 Å². The van der Waals surface area contributed by atoms with Gasteiger partial charge in [0.05, 0.1) is 0 Å². The number of nitrogens with one attached hydrogen (secondary N) is 2. The summed E-state index contributed by atoms with van der Waals surface area (Å²) in [5.41, 5.74) is 8.66. The Bertz CT molecular complexity index is 1740. The molecule has 0 saturated heterocycles. The number of carbonyl (C=O) groups excluding carboxylic acids is 3. The Labute approximate surface area is 293 Å². The lowest BCUT2D eigenvalue weighted by atomic mass is 9.98. The second kappa shape index (κ2) is 15.5. The molecule has 0 bridgehead atoms. The summed E-state index contributed by atoms with van der Waals surface area (Å²) in [6.45, 7) is 7.23. The normalized spacial score (nSPS) is 13.0. The summed E-state index contributed by atoms with van der Waals surface area (Å²) < 4.78 is 16.9. The van der Waals surface area contributed by atoms with E-state index in [4.69, 9.17) is 14.2 Å². The predicted octanol–water partition coefficient (Wildman–Crippen LogP) is 8.08. The first kappa shape index (κ1) is 34.5. The molecule has 0 saturated carbocycles. The molecular formula is C41H45N3O6. The van der Waals surface area contributed by atoms with E-state index < -0.39 is 23.9 Å².